The van der Waals surface area contributed by atoms with Crippen LogP contribution in [0, 0.1) is 0 Å². The van der Waals surface area contributed by atoms with Gasteiger partial charge in [-0.2, -0.15) is 0 Å². The first-order valence-electron chi connectivity index (χ1n) is 9.61. The van der Waals surface area contributed by atoms with Gasteiger partial charge in [-0.3, -0.25) is 10.1 Å². The Balaban J connectivity index is 1.57. The summed E-state index contributed by atoms with van der Waals surface area (Å²) in [5, 5.41) is 15.9. The van der Waals surface area contributed by atoms with E-state index in [1.807, 2.05) is 30.3 Å². The molecule has 2 atom stereocenters. The molecule has 1 heterocycles. The second-order valence-corrected chi connectivity index (χ2v) is 7.02. The maximum absolute atomic E-state index is 12.7. The van der Waals surface area contributed by atoms with Gasteiger partial charge in [-0.25, -0.2) is 14.3 Å². The molecular weight excluding hydrogens is 376 g/mol. The lowest BCUT2D eigenvalue weighted by Gasteiger charge is -2.19. The quantitative estimate of drug-likeness (QED) is 0.667. The van der Waals surface area contributed by atoms with E-state index in [9.17, 15) is 14.4 Å². The molecule has 10 heteroatoms. The number of hydrogen-bond acceptors (Lipinski definition) is 7. The molecule has 1 fully saturated rings. The number of nitrogens with one attached hydrogen (secondary N) is 2. The minimum absolute atomic E-state index is 0.0794. The highest BCUT2D eigenvalue weighted by molar-refractivity contribution is 5.97. The molecular formula is C19H24N6O4. The van der Waals surface area contributed by atoms with Gasteiger partial charge >= 0.3 is 12.0 Å². The van der Waals surface area contributed by atoms with Gasteiger partial charge in [0.1, 0.15) is 6.33 Å². The minimum atomic E-state index is -1.15. The van der Waals surface area contributed by atoms with Crippen LogP contribution in [-0.2, 0) is 20.7 Å². The number of hydrogen-bond donors (Lipinski definition) is 2. The van der Waals surface area contributed by atoms with Gasteiger partial charge in [0.05, 0.1) is 0 Å². The molecule has 1 aromatic heterocycles. The molecule has 2 N–H and O–H groups in total. The standard InChI is InChI=1S/C19H24N6O4/c1-13(17(26)22-19(28)21-15-9-5-6-10-15)29-18(27)16(25-12-20-23-24-25)11-14-7-3-2-4-8-14/h2-4,7-8,12-13,15-16H,5-6,9-11H2,1H3,(H2,21,22,26,28)/t13-,16-/m0/s1. The zero-order valence-electron chi connectivity index (χ0n) is 16.2. The van der Waals surface area contributed by atoms with E-state index in [1.54, 1.807) is 0 Å². The maximum atomic E-state index is 12.7. The summed E-state index contributed by atoms with van der Waals surface area (Å²) in [5.74, 6) is -1.36. The fourth-order valence-corrected chi connectivity index (χ4v) is 3.24. The Hall–Kier alpha value is -3.30. The third kappa shape index (κ3) is 5.84. The predicted molar refractivity (Wildman–Crippen MR) is 101 cm³/mol. The monoisotopic (exact) mass is 400 g/mol. The number of rotatable bonds is 7. The van der Waals surface area contributed by atoms with E-state index < -0.39 is 30.1 Å². The number of esters is 1. The lowest BCUT2D eigenvalue weighted by Crippen LogP contribution is -2.47. The Morgan fingerprint density at radius 3 is 2.59 bits per heavy atom. The van der Waals surface area contributed by atoms with Crippen molar-refractivity contribution in [1.29, 1.82) is 0 Å². The van der Waals surface area contributed by atoms with Crippen molar-refractivity contribution in [2.75, 3.05) is 0 Å². The van der Waals surface area contributed by atoms with Gasteiger partial charge in [-0.1, -0.05) is 43.2 Å². The van der Waals surface area contributed by atoms with Gasteiger partial charge in [0, 0.05) is 12.5 Å². The first kappa shape index (κ1) is 20.4. The van der Waals surface area contributed by atoms with Crippen LogP contribution in [0.5, 0.6) is 0 Å². The molecule has 10 nitrogen and oxygen atoms in total. The number of amides is 3. The van der Waals surface area contributed by atoms with Crippen molar-refractivity contribution in [2.45, 2.75) is 57.2 Å². The van der Waals surface area contributed by atoms with Gasteiger partial charge in [0.2, 0.25) is 0 Å². The largest absolute Gasteiger partial charge is 0.451 e. The molecule has 1 aliphatic carbocycles. The highest BCUT2D eigenvalue weighted by Crippen LogP contribution is 2.18. The van der Waals surface area contributed by atoms with E-state index in [-0.39, 0.29) is 6.04 Å². The summed E-state index contributed by atoms with van der Waals surface area (Å²) in [4.78, 5) is 36.9. The third-order valence-electron chi connectivity index (χ3n) is 4.82. The van der Waals surface area contributed by atoms with Crippen molar-refractivity contribution in [1.82, 2.24) is 30.8 Å². The van der Waals surface area contributed by atoms with Gasteiger partial charge in [0.25, 0.3) is 5.91 Å². The number of carbonyl (C=O) groups excluding carboxylic acids is 3. The summed E-state index contributed by atoms with van der Waals surface area (Å²) in [6.45, 7) is 1.41. The molecule has 154 valence electrons. The molecule has 3 amide bonds. The van der Waals surface area contributed by atoms with Crippen LogP contribution >= 0.6 is 0 Å². The fourth-order valence-electron chi connectivity index (χ4n) is 3.24. The SMILES string of the molecule is C[C@H](OC(=O)[C@H](Cc1ccccc1)n1cnnn1)C(=O)NC(=O)NC1CCCC1. The maximum Gasteiger partial charge on any atom is 0.332 e. The Labute approximate surface area is 168 Å². The molecule has 1 aliphatic rings. The second kappa shape index (κ2) is 9.76. The fraction of sp³-hybridized carbons (Fsp3) is 0.474. The third-order valence-corrected chi connectivity index (χ3v) is 4.82. The zero-order chi connectivity index (χ0) is 20.6. The lowest BCUT2D eigenvalue weighted by atomic mass is 10.1. The van der Waals surface area contributed by atoms with Crippen molar-refractivity contribution in [3.05, 3.63) is 42.2 Å². The number of carbonyl (C=O) groups is 3. The van der Waals surface area contributed by atoms with E-state index in [0.29, 0.717) is 6.42 Å². The average Bonchev–Trinajstić information content (AvgIpc) is 3.40. The summed E-state index contributed by atoms with van der Waals surface area (Å²) in [6, 6.07) is 7.99. The van der Waals surface area contributed by atoms with Crippen LogP contribution in [0.4, 0.5) is 4.79 Å². The number of urea groups is 1. The number of aromatic nitrogens is 4. The normalized spacial score (nSPS) is 16.0. The molecule has 1 saturated carbocycles. The summed E-state index contributed by atoms with van der Waals surface area (Å²) in [7, 11) is 0. The molecule has 0 aliphatic heterocycles. The lowest BCUT2D eigenvalue weighted by molar-refractivity contribution is -0.158. The van der Waals surface area contributed by atoms with Gasteiger partial charge < -0.3 is 10.1 Å². The number of benzene rings is 1. The molecule has 3 rings (SSSR count). The zero-order valence-corrected chi connectivity index (χ0v) is 16.2. The summed E-state index contributed by atoms with van der Waals surface area (Å²) < 4.78 is 6.58. The molecule has 0 spiro atoms. The molecule has 1 aromatic carbocycles. The summed E-state index contributed by atoms with van der Waals surface area (Å²) in [5.41, 5.74) is 0.887. The van der Waals surface area contributed by atoms with E-state index in [1.165, 1.54) is 17.9 Å². The van der Waals surface area contributed by atoms with Crippen molar-refractivity contribution in [3.8, 4) is 0 Å². The molecule has 0 saturated heterocycles. The van der Waals surface area contributed by atoms with Crippen molar-refractivity contribution in [2.24, 2.45) is 0 Å². The van der Waals surface area contributed by atoms with E-state index >= 15 is 0 Å². The average molecular weight is 400 g/mol. The molecule has 0 bridgehead atoms. The number of tetrazole rings is 1. The molecule has 29 heavy (non-hydrogen) atoms. The Bertz CT molecular complexity index is 820. The molecule has 0 radical (unpaired) electrons. The Morgan fingerprint density at radius 1 is 1.21 bits per heavy atom. The van der Waals surface area contributed by atoms with E-state index in [4.69, 9.17) is 4.74 Å². The van der Waals surface area contributed by atoms with Gasteiger partial charge in [0.15, 0.2) is 12.1 Å². The van der Waals surface area contributed by atoms with Crippen molar-refractivity contribution < 1.29 is 19.1 Å². The van der Waals surface area contributed by atoms with Crippen LogP contribution in [0.2, 0.25) is 0 Å². The molecule has 0 unspecified atom stereocenters. The molecule has 2 aromatic rings. The smallest absolute Gasteiger partial charge is 0.332 e. The second-order valence-electron chi connectivity index (χ2n) is 7.02. The van der Waals surface area contributed by atoms with Crippen LogP contribution in [0.3, 0.4) is 0 Å². The van der Waals surface area contributed by atoms with Crippen LogP contribution in [0.15, 0.2) is 36.7 Å². The van der Waals surface area contributed by atoms with Crippen molar-refractivity contribution in [3.63, 3.8) is 0 Å². The van der Waals surface area contributed by atoms with Crippen LogP contribution in [0.1, 0.15) is 44.2 Å². The predicted octanol–water partition coefficient (Wildman–Crippen LogP) is 1.16. The van der Waals surface area contributed by atoms with Gasteiger partial charge in [-0.15, -0.1) is 5.10 Å². The first-order chi connectivity index (χ1) is 14.0. The van der Waals surface area contributed by atoms with Crippen LogP contribution in [-0.4, -0.2) is 50.3 Å². The number of imide groups is 1. The Morgan fingerprint density at radius 2 is 1.93 bits per heavy atom. The number of ether oxygens (including phenoxy) is 1. The van der Waals surface area contributed by atoms with Gasteiger partial charge in [-0.05, 0) is 35.8 Å². The minimum Gasteiger partial charge on any atom is -0.451 e. The summed E-state index contributed by atoms with van der Waals surface area (Å²) in [6.07, 6.45) is 4.39. The first-order valence-corrected chi connectivity index (χ1v) is 9.61. The van der Waals surface area contributed by atoms with E-state index in [2.05, 4.69) is 26.2 Å². The summed E-state index contributed by atoms with van der Waals surface area (Å²) >= 11 is 0. The van der Waals surface area contributed by atoms with Crippen molar-refractivity contribution >= 4 is 17.9 Å². The Kier molecular flexibility index (Phi) is 6.88. The highest BCUT2D eigenvalue weighted by Gasteiger charge is 2.28. The van der Waals surface area contributed by atoms with Crippen LogP contribution < -0.4 is 10.6 Å². The number of nitrogens with zero attached hydrogens (tertiary/aromatic N) is 4. The topological polar surface area (TPSA) is 128 Å². The highest BCUT2D eigenvalue weighted by atomic mass is 16.5. The van der Waals surface area contributed by atoms with E-state index in [0.717, 1.165) is 31.2 Å². The van der Waals surface area contributed by atoms with Crippen LogP contribution in [0.25, 0.3) is 0 Å².